The van der Waals surface area contributed by atoms with E-state index in [1.807, 2.05) is 11.3 Å². The van der Waals surface area contributed by atoms with Crippen molar-refractivity contribution >= 4 is 75.3 Å². The predicted molar refractivity (Wildman–Crippen MR) is 216 cm³/mol. The number of rotatable bonds is 2. The maximum Gasteiger partial charge on any atom is 0.136 e. The number of hydrogen-bond acceptors (Lipinski definition) is 2. The van der Waals surface area contributed by atoms with Crippen LogP contribution in [0.4, 0.5) is 0 Å². The van der Waals surface area contributed by atoms with Gasteiger partial charge in [-0.1, -0.05) is 98.1 Å². The zero-order valence-electron chi connectivity index (χ0n) is 28.1. The molecule has 12 rings (SSSR count). The molecule has 1 fully saturated rings. The molecule has 51 heavy (non-hydrogen) atoms. The number of fused-ring (bicyclic) bond motifs is 14. The minimum Gasteiger partial charge on any atom is -0.456 e. The molecule has 1 saturated carbocycles. The van der Waals surface area contributed by atoms with Gasteiger partial charge in [0.2, 0.25) is 0 Å². The van der Waals surface area contributed by atoms with E-state index in [1.54, 1.807) is 0 Å². The number of furan rings is 1. The number of thiophene rings is 1. The summed E-state index contributed by atoms with van der Waals surface area (Å²) in [5.74, 6) is 0. The predicted octanol–water partition coefficient (Wildman–Crippen LogP) is 13.9. The van der Waals surface area contributed by atoms with Crippen molar-refractivity contribution in [1.29, 1.82) is 0 Å². The van der Waals surface area contributed by atoms with Crippen molar-refractivity contribution in [1.82, 2.24) is 4.57 Å². The topological polar surface area (TPSA) is 18.1 Å². The van der Waals surface area contributed by atoms with Gasteiger partial charge in [-0.05, 0) is 107 Å². The van der Waals surface area contributed by atoms with Crippen LogP contribution in [0.15, 0.2) is 144 Å². The minimum atomic E-state index is 0.136. The number of hydrogen-bond donors (Lipinski definition) is 0. The van der Waals surface area contributed by atoms with Gasteiger partial charge in [0.25, 0.3) is 0 Å². The van der Waals surface area contributed by atoms with Crippen LogP contribution in [0.25, 0.3) is 91.9 Å². The first-order valence-electron chi connectivity index (χ1n) is 18.3. The maximum atomic E-state index is 6.72. The van der Waals surface area contributed by atoms with Crippen molar-refractivity contribution < 1.29 is 4.42 Å². The van der Waals surface area contributed by atoms with Gasteiger partial charge in [0, 0.05) is 52.8 Å². The third-order valence-corrected chi connectivity index (χ3v) is 13.3. The fourth-order valence-electron chi connectivity index (χ4n) is 9.88. The first-order valence-corrected chi connectivity index (χ1v) is 19.1. The largest absolute Gasteiger partial charge is 0.456 e. The number of nitrogens with zero attached hydrogens (tertiary/aromatic N) is 1. The molecule has 3 heteroatoms. The third-order valence-electron chi connectivity index (χ3n) is 12.2. The standard InChI is InChI=1S/C48H33NOS/c1-8-22-48(23-9-1)40-13-5-2-10-32(40)37-28-45-38(27-41(37)48)35-20-17-30(25-44(35)50-45)29-16-19-34-33-11-3-6-14-42(33)49(43(34)24-29)31-18-21-47-39(26-31)36-12-4-7-15-46(36)51-47/h2-7,10-21,24-28H,1,8-9,22-23H2. The van der Waals surface area contributed by atoms with E-state index in [-0.39, 0.29) is 5.41 Å². The Kier molecular flexibility index (Phi) is 5.63. The number of benzene rings is 7. The van der Waals surface area contributed by atoms with Gasteiger partial charge in [-0.15, -0.1) is 11.3 Å². The van der Waals surface area contributed by atoms with E-state index < -0.39 is 0 Å². The summed E-state index contributed by atoms with van der Waals surface area (Å²) in [6, 6.07) is 52.2. The van der Waals surface area contributed by atoms with Gasteiger partial charge in [-0.2, -0.15) is 0 Å². The van der Waals surface area contributed by atoms with E-state index in [4.69, 9.17) is 4.42 Å². The molecule has 0 saturated heterocycles. The highest BCUT2D eigenvalue weighted by atomic mass is 32.1. The van der Waals surface area contributed by atoms with E-state index in [2.05, 4.69) is 144 Å². The molecule has 242 valence electrons. The lowest BCUT2D eigenvalue weighted by Crippen LogP contribution is -2.27. The third kappa shape index (κ3) is 3.82. The molecule has 2 aliphatic carbocycles. The fraction of sp³-hybridized carbons (Fsp3) is 0.125. The molecule has 7 aromatic carbocycles. The van der Waals surface area contributed by atoms with Crippen molar-refractivity contribution in [2.24, 2.45) is 0 Å². The van der Waals surface area contributed by atoms with Gasteiger partial charge >= 0.3 is 0 Å². The molecule has 0 unspecified atom stereocenters. The first kappa shape index (κ1) is 28.1. The van der Waals surface area contributed by atoms with Crippen LogP contribution in [-0.2, 0) is 5.41 Å². The number of para-hydroxylation sites is 1. The highest BCUT2D eigenvalue weighted by molar-refractivity contribution is 7.25. The van der Waals surface area contributed by atoms with Crippen molar-refractivity contribution in [3.8, 4) is 27.9 Å². The zero-order valence-corrected chi connectivity index (χ0v) is 28.9. The summed E-state index contributed by atoms with van der Waals surface area (Å²) in [6.45, 7) is 0. The van der Waals surface area contributed by atoms with Crippen LogP contribution < -0.4 is 0 Å². The van der Waals surface area contributed by atoms with E-state index >= 15 is 0 Å². The van der Waals surface area contributed by atoms with Crippen LogP contribution in [0.3, 0.4) is 0 Å². The van der Waals surface area contributed by atoms with Crippen LogP contribution in [-0.4, -0.2) is 4.57 Å². The quantitative estimate of drug-likeness (QED) is 0.179. The molecule has 0 N–H and O–H groups in total. The van der Waals surface area contributed by atoms with Crippen LogP contribution >= 0.6 is 11.3 Å². The molecule has 2 aliphatic rings. The molecule has 0 atom stereocenters. The van der Waals surface area contributed by atoms with E-state index in [1.165, 1.54) is 124 Å². The fourth-order valence-corrected chi connectivity index (χ4v) is 11.0. The Morgan fingerprint density at radius 3 is 2.12 bits per heavy atom. The van der Waals surface area contributed by atoms with Gasteiger partial charge in [0.05, 0.1) is 11.0 Å². The lowest BCUT2D eigenvalue weighted by atomic mass is 9.68. The van der Waals surface area contributed by atoms with Gasteiger partial charge < -0.3 is 8.98 Å². The summed E-state index contributed by atoms with van der Waals surface area (Å²) in [5, 5.41) is 7.61. The van der Waals surface area contributed by atoms with Crippen molar-refractivity contribution in [2.75, 3.05) is 0 Å². The molecule has 0 radical (unpaired) electrons. The summed E-state index contributed by atoms with van der Waals surface area (Å²) in [4.78, 5) is 0. The van der Waals surface area contributed by atoms with Gasteiger partial charge in [0.15, 0.2) is 0 Å². The van der Waals surface area contributed by atoms with Crippen LogP contribution in [0, 0.1) is 0 Å². The molecule has 2 nitrogen and oxygen atoms in total. The van der Waals surface area contributed by atoms with Gasteiger partial charge in [0.1, 0.15) is 11.2 Å². The van der Waals surface area contributed by atoms with Gasteiger partial charge in [-0.25, -0.2) is 0 Å². The minimum absolute atomic E-state index is 0.136. The average molecular weight is 672 g/mol. The Bertz CT molecular complexity index is 3070. The summed E-state index contributed by atoms with van der Waals surface area (Å²) in [5.41, 5.74) is 13.8. The Morgan fingerprint density at radius 1 is 0.471 bits per heavy atom. The SMILES string of the molecule is c1ccc2c(c1)-c1cc3oc4cc(-c5ccc6c7ccccc7n(-c7ccc8sc9ccccc9c8c7)c6c5)ccc4c3cc1C21CCCCC1. The molecule has 0 amide bonds. The maximum absolute atomic E-state index is 6.72. The normalized spacial score (nSPS) is 15.2. The van der Waals surface area contributed by atoms with Crippen molar-refractivity contribution in [3.63, 3.8) is 0 Å². The Hall–Kier alpha value is -5.64. The van der Waals surface area contributed by atoms with Crippen LogP contribution in [0.1, 0.15) is 43.2 Å². The second-order valence-electron chi connectivity index (χ2n) is 14.8. The number of aromatic nitrogens is 1. The summed E-state index contributed by atoms with van der Waals surface area (Å²) in [7, 11) is 0. The smallest absolute Gasteiger partial charge is 0.136 e. The zero-order chi connectivity index (χ0) is 33.3. The van der Waals surface area contributed by atoms with E-state index in [0.29, 0.717) is 0 Å². The molecule has 1 spiro atoms. The lowest BCUT2D eigenvalue weighted by molar-refractivity contribution is 0.353. The van der Waals surface area contributed by atoms with E-state index in [0.717, 1.165) is 11.2 Å². The Labute approximate surface area is 299 Å². The molecule has 10 aromatic rings. The summed E-state index contributed by atoms with van der Waals surface area (Å²) >= 11 is 1.87. The van der Waals surface area contributed by atoms with Gasteiger partial charge in [-0.3, -0.25) is 0 Å². The monoisotopic (exact) mass is 671 g/mol. The highest BCUT2D eigenvalue weighted by Crippen LogP contribution is 2.57. The first-order chi connectivity index (χ1) is 25.2. The molecule has 0 bridgehead atoms. The molecule has 3 heterocycles. The summed E-state index contributed by atoms with van der Waals surface area (Å²) < 4.78 is 11.8. The van der Waals surface area contributed by atoms with Crippen molar-refractivity contribution in [3.05, 3.63) is 151 Å². The second kappa shape index (κ2) is 10.2. The van der Waals surface area contributed by atoms with Crippen LogP contribution in [0.5, 0.6) is 0 Å². The van der Waals surface area contributed by atoms with Crippen LogP contribution in [0.2, 0.25) is 0 Å². The molecule has 0 aliphatic heterocycles. The molecular weight excluding hydrogens is 639 g/mol. The Morgan fingerprint density at radius 2 is 1.20 bits per heavy atom. The highest BCUT2D eigenvalue weighted by Gasteiger charge is 2.44. The average Bonchev–Trinajstić information content (AvgIpc) is 3.91. The summed E-state index contributed by atoms with van der Waals surface area (Å²) in [6.07, 6.45) is 6.40. The second-order valence-corrected chi connectivity index (χ2v) is 15.8. The molecular formula is C48H33NOS. The Balaban J connectivity index is 1.03. The van der Waals surface area contributed by atoms with Crippen molar-refractivity contribution in [2.45, 2.75) is 37.5 Å². The van der Waals surface area contributed by atoms with E-state index in [9.17, 15) is 0 Å². The molecule has 3 aromatic heterocycles. The lowest BCUT2D eigenvalue weighted by Gasteiger charge is -2.35.